The summed E-state index contributed by atoms with van der Waals surface area (Å²) in [5, 5.41) is 0. The van der Waals surface area contributed by atoms with Crippen molar-refractivity contribution in [1.29, 1.82) is 0 Å². The van der Waals surface area contributed by atoms with Crippen LogP contribution in [0.15, 0.2) is 0 Å². The highest BCUT2D eigenvalue weighted by Crippen LogP contribution is 2.38. The molecule has 0 aromatic rings. The number of hydrogen-bond donors (Lipinski definition) is 0. The van der Waals surface area contributed by atoms with Crippen molar-refractivity contribution in [2.45, 2.75) is 51.6 Å². The molecule has 2 atom stereocenters. The van der Waals surface area contributed by atoms with Crippen LogP contribution in [0.5, 0.6) is 0 Å². The van der Waals surface area contributed by atoms with E-state index < -0.39 is 5.60 Å². The Labute approximate surface area is 80.7 Å². The maximum absolute atomic E-state index is 11.8. The molecule has 0 N–H and O–H groups in total. The summed E-state index contributed by atoms with van der Waals surface area (Å²) in [6.45, 7) is 4.24. The summed E-state index contributed by atoms with van der Waals surface area (Å²) in [6, 6.07) is 0. The first-order valence-electron chi connectivity index (χ1n) is 5.23. The van der Waals surface area contributed by atoms with E-state index in [0.29, 0.717) is 18.1 Å². The highest BCUT2D eigenvalue weighted by Gasteiger charge is 2.42. The quantitative estimate of drug-likeness (QED) is 0.671. The highest BCUT2D eigenvalue weighted by atomic mass is 16.5. The number of hydrogen-bond acceptors (Lipinski definition) is 2. The minimum Gasteiger partial charge on any atom is -0.370 e. The van der Waals surface area contributed by atoms with Gasteiger partial charge in [0.2, 0.25) is 0 Å². The average Bonchev–Trinajstić information content (AvgIpc) is 2.49. The van der Waals surface area contributed by atoms with E-state index in [2.05, 4.69) is 6.92 Å². The van der Waals surface area contributed by atoms with E-state index in [1.165, 1.54) is 0 Å². The number of ketones is 1. The number of carbonyl (C=O) groups is 1. The van der Waals surface area contributed by atoms with Crippen molar-refractivity contribution < 1.29 is 9.53 Å². The molecule has 0 amide bonds. The van der Waals surface area contributed by atoms with Crippen LogP contribution in [0.3, 0.4) is 0 Å². The lowest BCUT2D eigenvalue weighted by Gasteiger charge is -2.25. The third kappa shape index (κ3) is 2.11. The van der Waals surface area contributed by atoms with Crippen LogP contribution in [0.25, 0.3) is 0 Å². The minimum atomic E-state index is -0.421. The molecule has 0 saturated heterocycles. The summed E-state index contributed by atoms with van der Waals surface area (Å²) in [5.41, 5.74) is -0.421. The maximum atomic E-state index is 11.8. The number of ether oxygens (including phenoxy) is 1. The molecule has 0 aliphatic heterocycles. The van der Waals surface area contributed by atoms with E-state index in [-0.39, 0.29) is 0 Å². The standard InChI is InChI=1S/C11H20O2/c1-4-5-10(12)11(13-3)7-6-9(2)8-11/h9H,4-8H2,1-3H3. The van der Waals surface area contributed by atoms with Gasteiger partial charge in [-0.3, -0.25) is 4.79 Å². The Kier molecular flexibility index (Phi) is 3.48. The van der Waals surface area contributed by atoms with Crippen LogP contribution in [-0.2, 0) is 9.53 Å². The van der Waals surface area contributed by atoms with E-state index in [4.69, 9.17) is 4.74 Å². The fraction of sp³-hybridized carbons (Fsp3) is 0.909. The molecular weight excluding hydrogens is 164 g/mol. The molecule has 2 unspecified atom stereocenters. The van der Waals surface area contributed by atoms with Crippen molar-refractivity contribution >= 4 is 5.78 Å². The Morgan fingerprint density at radius 1 is 1.62 bits per heavy atom. The van der Waals surface area contributed by atoms with Crippen LogP contribution in [-0.4, -0.2) is 18.5 Å². The first-order chi connectivity index (χ1) is 6.14. The Morgan fingerprint density at radius 3 is 2.69 bits per heavy atom. The fourth-order valence-corrected chi connectivity index (χ4v) is 2.25. The first kappa shape index (κ1) is 10.7. The van der Waals surface area contributed by atoms with Crippen molar-refractivity contribution in [2.75, 3.05) is 7.11 Å². The summed E-state index contributed by atoms with van der Waals surface area (Å²) >= 11 is 0. The van der Waals surface area contributed by atoms with Crippen molar-refractivity contribution in [3.63, 3.8) is 0 Å². The third-order valence-electron chi connectivity index (χ3n) is 3.10. The number of rotatable bonds is 4. The molecule has 1 saturated carbocycles. The zero-order chi connectivity index (χ0) is 9.90. The van der Waals surface area contributed by atoms with E-state index >= 15 is 0 Å². The zero-order valence-electron chi connectivity index (χ0n) is 8.93. The number of methoxy groups -OCH3 is 1. The smallest absolute Gasteiger partial charge is 0.164 e. The monoisotopic (exact) mass is 184 g/mol. The van der Waals surface area contributed by atoms with E-state index in [1.807, 2.05) is 6.92 Å². The van der Waals surface area contributed by atoms with Gasteiger partial charge in [-0.1, -0.05) is 13.8 Å². The maximum Gasteiger partial charge on any atom is 0.164 e. The molecule has 0 aromatic carbocycles. The molecule has 2 heteroatoms. The van der Waals surface area contributed by atoms with Gasteiger partial charge >= 0.3 is 0 Å². The van der Waals surface area contributed by atoms with Gasteiger partial charge in [-0.05, 0) is 31.6 Å². The van der Waals surface area contributed by atoms with E-state index in [9.17, 15) is 4.79 Å². The van der Waals surface area contributed by atoms with Crippen LogP contribution in [0.4, 0.5) is 0 Å². The van der Waals surface area contributed by atoms with Gasteiger partial charge in [-0.2, -0.15) is 0 Å². The van der Waals surface area contributed by atoms with Gasteiger partial charge in [0.15, 0.2) is 5.78 Å². The molecule has 0 bridgehead atoms. The molecule has 76 valence electrons. The van der Waals surface area contributed by atoms with Gasteiger partial charge in [0.25, 0.3) is 0 Å². The molecule has 13 heavy (non-hydrogen) atoms. The normalized spacial score (nSPS) is 33.6. The molecule has 1 aliphatic rings. The summed E-state index contributed by atoms with van der Waals surface area (Å²) in [4.78, 5) is 11.8. The van der Waals surface area contributed by atoms with Crippen LogP contribution in [0.2, 0.25) is 0 Å². The Bertz CT molecular complexity index is 189. The molecule has 0 heterocycles. The predicted octanol–water partition coefficient (Wildman–Crippen LogP) is 2.56. The summed E-state index contributed by atoms with van der Waals surface area (Å²) in [6.07, 6.45) is 4.56. The van der Waals surface area contributed by atoms with Gasteiger partial charge in [-0.25, -0.2) is 0 Å². The second kappa shape index (κ2) is 4.23. The molecular formula is C11H20O2. The van der Waals surface area contributed by atoms with Crippen molar-refractivity contribution in [3.05, 3.63) is 0 Å². The highest BCUT2D eigenvalue weighted by molar-refractivity contribution is 5.87. The van der Waals surface area contributed by atoms with E-state index in [1.54, 1.807) is 7.11 Å². The van der Waals surface area contributed by atoms with Crippen molar-refractivity contribution in [1.82, 2.24) is 0 Å². The molecule has 1 fully saturated rings. The van der Waals surface area contributed by atoms with Gasteiger partial charge < -0.3 is 4.74 Å². The molecule has 0 aromatic heterocycles. The minimum absolute atomic E-state index is 0.307. The lowest BCUT2D eigenvalue weighted by molar-refractivity contribution is -0.140. The first-order valence-corrected chi connectivity index (χ1v) is 5.23. The van der Waals surface area contributed by atoms with Crippen LogP contribution in [0, 0.1) is 5.92 Å². The summed E-state index contributed by atoms with van der Waals surface area (Å²) in [5.74, 6) is 0.947. The lowest BCUT2D eigenvalue weighted by atomic mass is 9.92. The van der Waals surface area contributed by atoms with Gasteiger partial charge in [0.1, 0.15) is 5.60 Å². The van der Waals surface area contributed by atoms with Crippen LogP contribution in [0.1, 0.15) is 46.0 Å². The molecule has 0 radical (unpaired) electrons. The zero-order valence-corrected chi connectivity index (χ0v) is 8.93. The summed E-state index contributed by atoms with van der Waals surface area (Å²) in [7, 11) is 1.67. The molecule has 1 aliphatic carbocycles. The Morgan fingerprint density at radius 2 is 2.31 bits per heavy atom. The topological polar surface area (TPSA) is 26.3 Å². The average molecular weight is 184 g/mol. The molecule has 0 spiro atoms. The third-order valence-corrected chi connectivity index (χ3v) is 3.10. The van der Waals surface area contributed by atoms with Crippen LogP contribution < -0.4 is 0 Å². The second-order valence-electron chi connectivity index (χ2n) is 4.22. The predicted molar refractivity (Wildman–Crippen MR) is 52.7 cm³/mol. The van der Waals surface area contributed by atoms with E-state index in [0.717, 1.165) is 25.7 Å². The lowest BCUT2D eigenvalue weighted by Crippen LogP contribution is -2.37. The molecule has 2 nitrogen and oxygen atoms in total. The van der Waals surface area contributed by atoms with Crippen molar-refractivity contribution in [2.24, 2.45) is 5.92 Å². The SMILES string of the molecule is CCCC(=O)C1(OC)CCC(C)C1. The largest absolute Gasteiger partial charge is 0.370 e. The summed E-state index contributed by atoms with van der Waals surface area (Å²) < 4.78 is 5.43. The van der Waals surface area contributed by atoms with Gasteiger partial charge in [0, 0.05) is 13.5 Å². The Balaban J connectivity index is 2.64. The van der Waals surface area contributed by atoms with Crippen molar-refractivity contribution in [3.8, 4) is 0 Å². The van der Waals surface area contributed by atoms with Gasteiger partial charge in [-0.15, -0.1) is 0 Å². The number of Topliss-reactive ketones (excluding diaryl/α,β-unsaturated/α-hetero) is 1. The van der Waals surface area contributed by atoms with Gasteiger partial charge in [0.05, 0.1) is 0 Å². The molecule has 1 rings (SSSR count). The fourth-order valence-electron chi connectivity index (χ4n) is 2.25. The van der Waals surface area contributed by atoms with Crippen LogP contribution >= 0.6 is 0 Å². The second-order valence-corrected chi connectivity index (χ2v) is 4.22. The number of carbonyl (C=O) groups excluding carboxylic acids is 1. The Hall–Kier alpha value is -0.370.